The van der Waals surface area contributed by atoms with Crippen LogP contribution in [-0.4, -0.2) is 15.9 Å². The van der Waals surface area contributed by atoms with Gasteiger partial charge in [0.05, 0.1) is 11.3 Å². The molecule has 1 aliphatic carbocycles. The van der Waals surface area contributed by atoms with E-state index in [1.807, 2.05) is 33.9 Å². The molecule has 0 spiro atoms. The summed E-state index contributed by atoms with van der Waals surface area (Å²) in [6.45, 7) is 21.8. The van der Waals surface area contributed by atoms with Gasteiger partial charge in [0.15, 0.2) is 5.78 Å². The molecule has 5 aromatic rings. The Bertz CT molecular complexity index is 1990. The van der Waals surface area contributed by atoms with E-state index in [0.717, 1.165) is 60.9 Å². The zero-order valence-electron chi connectivity index (χ0n) is 31.8. The van der Waals surface area contributed by atoms with Crippen LogP contribution in [0, 0.1) is 29.7 Å². The number of carbonyl (C=O) groups excluding carboxylic acids is 1. The summed E-state index contributed by atoms with van der Waals surface area (Å²) in [7, 11) is 0. The second-order valence-electron chi connectivity index (χ2n) is 15.4. The first-order valence-electron chi connectivity index (χ1n) is 18.6. The molecule has 0 saturated carbocycles. The van der Waals surface area contributed by atoms with Gasteiger partial charge in [-0.3, -0.25) is 4.79 Å². The Morgan fingerprint density at radius 1 is 0.860 bits per heavy atom. The average Bonchev–Trinajstić information content (AvgIpc) is 3.43. The minimum Gasteiger partial charge on any atom is -0.512 e. The fourth-order valence-corrected chi connectivity index (χ4v) is 7.82. The number of aliphatic hydroxyl groups is 1. The molecule has 0 aliphatic heterocycles. The molecule has 0 bridgehead atoms. The molecule has 1 N–H and O–H groups in total. The molecular formula is C45H56IrNO3-. The molecule has 1 radical (unpaired) electrons. The van der Waals surface area contributed by atoms with Crippen LogP contribution < -0.4 is 0 Å². The summed E-state index contributed by atoms with van der Waals surface area (Å²) in [4.78, 5) is 16.8. The van der Waals surface area contributed by atoms with E-state index in [2.05, 4.69) is 90.1 Å². The molecule has 6 rings (SSSR count). The fourth-order valence-electron chi connectivity index (χ4n) is 7.82. The van der Waals surface area contributed by atoms with Crippen LogP contribution in [-0.2, 0) is 43.2 Å². The van der Waals surface area contributed by atoms with Crippen LogP contribution >= 0.6 is 0 Å². The maximum Gasteiger partial charge on any atom is 0.162 e. The topological polar surface area (TPSA) is 63.3 Å². The summed E-state index contributed by atoms with van der Waals surface area (Å²) >= 11 is 0. The number of rotatable bonds is 11. The van der Waals surface area contributed by atoms with Gasteiger partial charge in [-0.1, -0.05) is 129 Å². The van der Waals surface area contributed by atoms with Crippen LogP contribution in [0.2, 0.25) is 0 Å². The Morgan fingerprint density at radius 3 is 2.08 bits per heavy atom. The molecule has 1 aliphatic rings. The maximum atomic E-state index is 11.7. The fraction of sp³-hybridized carbons (Fsp3) is 0.467. The number of furan rings is 1. The van der Waals surface area contributed by atoms with Gasteiger partial charge in [-0.15, -0.1) is 17.7 Å². The molecule has 50 heavy (non-hydrogen) atoms. The number of fused-ring (bicyclic) bond motifs is 4. The number of allylic oxidation sites excluding steroid dienone is 2. The Hall–Kier alpha value is -3.27. The van der Waals surface area contributed by atoms with E-state index in [1.54, 1.807) is 0 Å². The van der Waals surface area contributed by atoms with Gasteiger partial charge in [0, 0.05) is 49.6 Å². The van der Waals surface area contributed by atoms with E-state index in [-0.39, 0.29) is 48.9 Å². The number of carbonyl (C=O) groups is 1. The van der Waals surface area contributed by atoms with Crippen molar-refractivity contribution in [3.05, 3.63) is 88.8 Å². The number of benzene rings is 3. The van der Waals surface area contributed by atoms with Crippen molar-refractivity contribution in [3.8, 4) is 11.3 Å². The van der Waals surface area contributed by atoms with Gasteiger partial charge in [0.25, 0.3) is 0 Å². The number of pyridine rings is 1. The molecule has 0 saturated heterocycles. The van der Waals surface area contributed by atoms with Gasteiger partial charge in [-0.25, -0.2) is 0 Å². The molecule has 2 heterocycles. The minimum atomic E-state index is -0.236. The number of nitrogens with zero attached hydrogens (tertiary/aromatic N) is 1. The molecule has 0 fully saturated rings. The molecule has 269 valence electrons. The normalized spacial score (nSPS) is 13.7. The Kier molecular flexibility index (Phi) is 12.9. The zero-order valence-corrected chi connectivity index (χ0v) is 34.2. The first-order valence-corrected chi connectivity index (χ1v) is 18.6. The first kappa shape index (κ1) is 39.5. The van der Waals surface area contributed by atoms with Gasteiger partial charge in [0.2, 0.25) is 0 Å². The summed E-state index contributed by atoms with van der Waals surface area (Å²) in [5.41, 5.74) is 9.10. The van der Waals surface area contributed by atoms with E-state index in [4.69, 9.17) is 9.40 Å². The van der Waals surface area contributed by atoms with Crippen LogP contribution in [0.5, 0.6) is 0 Å². The van der Waals surface area contributed by atoms with Crippen LogP contribution in [0.3, 0.4) is 0 Å². The van der Waals surface area contributed by atoms with E-state index < -0.39 is 0 Å². The number of ketones is 1. The summed E-state index contributed by atoms with van der Waals surface area (Å²) in [6.07, 6.45) is 8.90. The van der Waals surface area contributed by atoms with Crippen molar-refractivity contribution in [2.45, 2.75) is 113 Å². The van der Waals surface area contributed by atoms with Crippen molar-refractivity contribution in [3.63, 3.8) is 0 Å². The first-order chi connectivity index (χ1) is 23.4. The minimum absolute atomic E-state index is 0. The standard InChI is InChI=1S/C32H32NO.C13H24O2.Ir/c1-18(2)15-20-11-13-24-26-27-25(14-12-21(16-19(3)4)31(27)34-30(20)26)32(5,6)28-23-10-8-7-9-22(23)17-33-29(24)28;1-5-10(6-2)12(14)9-13(15)11(7-3)8-4;/h7-12,14,17-19H,15-16H2,1-6H3;9-11,14H,5-8H2,1-4H3;/q-1;;/b;12-9-;. The summed E-state index contributed by atoms with van der Waals surface area (Å²) < 4.78 is 6.82. The zero-order chi connectivity index (χ0) is 35.6. The predicted octanol–water partition coefficient (Wildman–Crippen LogP) is 12.5. The van der Waals surface area contributed by atoms with Crippen LogP contribution in [0.25, 0.3) is 44.0 Å². The van der Waals surface area contributed by atoms with Crippen molar-refractivity contribution in [1.29, 1.82) is 0 Å². The number of hydrogen-bond acceptors (Lipinski definition) is 4. The van der Waals surface area contributed by atoms with E-state index in [0.29, 0.717) is 11.8 Å². The van der Waals surface area contributed by atoms with E-state index in [9.17, 15) is 9.90 Å². The van der Waals surface area contributed by atoms with Crippen molar-refractivity contribution in [2.24, 2.45) is 23.7 Å². The monoisotopic (exact) mass is 851 g/mol. The molecule has 5 heteroatoms. The SMILES string of the molecule is CC(C)Cc1c[c-]c2c3c1oc1c(CC(C)C)ccc(c13)C(C)(C)c1c-2ncc2ccccc12.CCC(CC)C(=O)/C=C(\O)C(CC)CC.[Ir]. The van der Waals surface area contributed by atoms with Crippen molar-refractivity contribution in [2.75, 3.05) is 0 Å². The van der Waals surface area contributed by atoms with Crippen molar-refractivity contribution >= 4 is 38.5 Å². The Labute approximate surface area is 313 Å². The second-order valence-corrected chi connectivity index (χ2v) is 15.4. The number of aliphatic hydroxyl groups excluding tert-OH is 1. The van der Waals surface area contributed by atoms with E-state index >= 15 is 0 Å². The smallest absolute Gasteiger partial charge is 0.162 e. The second kappa shape index (κ2) is 16.4. The van der Waals surface area contributed by atoms with E-state index in [1.165, 1.54) is 49.9 Å². The van der Waals surface area contributed by atoms with Gasteiger partial charge >= 0.3 is 0 Å². The summed E-state index contributed by atoms with van der Waals surface area (Å²) in [5, 5.41) is 14.7. The van der Waals surface area contributed by atoms with Crippen molar-refractivity contribution < 1.29 is 34.4 Å². The molecule has 0 atom stereocenters. The Morgan fingerprint density at radius 2 is 1.46 bits per heavy atom. The van der Waals surface area contributed by atoms with Gasteiger partial charge in [-0.2, -0.15) is 0 Å². The third-order valence-corrected chi connectivity index (χ3v) is 10.5. The molecule has 4 nitrogen and oxygen atoms in total. The number of aromatic nitrogens is 1. The Balaban J connectivity index is 0.000000301. The molecule has 2 aromatic heterocycles. The molecule has 0 unspecified atom stereocenters. The van der Waals surface area contributed by atoms with Gasteiger partial charge in [-0.05, 0) is 76.6 Å². The summed E-state index contributed by atoms with van der Waals surface area (Å²) in [6, 6.07) is 19.1. The third kappa shape index (κ3) is 7.51. The predicted molar refractivity (Wildman–Crippen MR) is 206 cm³/mol. The molecule has 0 amide bonds. The third-order valence-electron chi connectivity index (χ3n) is 10.5. The van der Waals surface area contributed by atoms with Crippen LogP contribution in [0.4, 0.5) is 0 Å². The quantitative estimate of drug-likeness (QED) is 0.0817. The molecular weight excluding hydrogens is 795 g/mol. The van der Waals surface area contributed by atoms with Gasteiger partial charge < -0.3 is 14.5 Å². The molecule has 3 aromatic carbocycles. The van der Waals surface area contributed by atoms with Gasteiger partial charge in [0.1, 0.15) is 5.58 Å². The largest absolute Gasteiger partial charge is 0.512 e. The summed E-state index contributed by atoms with van der Waals surface area (Å²) in [5.74, 6) is 1.65. The average molecular weight is 851 g/mol. The van der Waals surface area contributed by atoms with Crippen molar-refractivity contribution in [1.82, 2.24) is 4.98 Å². The number of hydrogen-bond donors (Lipinski definition) is 1. The van der Waals surface area contributed by atoms with Crippen LogP contribution in [0.15, 0.2) is 64.9 Å². The van der Waals surface area contributed by atoms with Crippen LogP contribution in [0.1, 0.15) is 117 Å². The maximum absolute atomic E-state index is 11.7.